The van der Waals surface area contributed by atoms with E-state index in [1.807, 2.05) is 6.26 Å². The Bertz CT molecular complexity index is 384. The van der Waals surface area contributed by atoms with Crippen LogP contribution in [-0.4, -0.2) is 54.0 Å². The lowest BCUT2D eigenvalue weighted by atomic mass is 9.80. The van der Waals surface area contributed by atoms with Gasteiger partial charge in [0.15, 0.2) is 5.79 Å². The van der Waals surface area contributed by atoms with E-state index in [4.69, 9.17) is 9.47 Å². The van der Waals surface area contributed by atoms with Crippen LogP contribution in [-0.2, 0) is 19.1 Å². The minimum absolute atomic E-state index is 0.0653. The topological polar surface area (TPSA) is 84.9 Å². The summed E-state index contributed by atoms with van der Waals surface area (Å²) in [4.78, 5) is 23.4. The Morgan fingerprint density at radius 3 is 2.71 bits per heavy atom. The molecule has 7 heteroatoms. The number of nitrogens with one attached hydrogen (secondary N) is 1. The molecule has 6 nitrogen and oxygen atoms in total. The van der Waals surface area contributed by atoms with Crippen LogP contribution in [0.15, 0.2) is 0 Å². The molecule has 0 radical (unpaired) electrons. The van der Waals surface area contributed by atoms with Gasteiger partial charge >= 0.3 is 5.97 Å². The zero-order valence-electron chi connectivity index (χ0n) is 12.3. The van der Waals surface area contributed by atoms with Crippen molar-refractivity contribution in [1.29, 1.82) is 0 Å². The van der Waals surface area contributed by atoms with Gasteiger partial charge in [0.05, 0.1) is 19.1 Å². The number of carboxylic acids is 1. The van der Waals surface area contributed by atoms with Gasteiger partial charge in [-0.3, -0.25) is 9.59 Å². The van der Waals surface area contributed by atoms with E-state index < -0.39 is 17.7 Å². The molecule has 1 amide bonds. The summed E-state index contributed by atoms with van der Waals surface area (Å²) in [6.07, 6.45) is 4.77. The van der Waals surface area contributed by atoms with Gasteiger partial charge in [0, 0.05) is 25.3 Å². The SMILES string of the molecule is CSCCCC(=O)N[C@H]1CCC2(CC1C(=O)O)OCCO2. The number of carboxylic acid groups (broad SMARTS) is 1. The zero-order valence-corrected chi connectivity index (χ0v) is 13.1. The number of aliphatic carboxylic acids is 1. The van der Waals surface area contributed by atoms with Gasteiger partial charge in [-0.25, -0.2) is 0 Å². The van der Waals surface area contributed by atoms with Gasteiger partial charge in [0.1, 0.15) is 0 Å². The Morgan fingerprint density at radius 1 is 1.38 bits per heavy atom. The first-order valence-electron chi connectivity index (χ1n) is 7.35. The van der Waals surface area contributed by atoms with Crippen molar-refractivity contribution in [3.05, 3.63) is 0 Å². The number of hydrogen-bond donors (Lipinski definition) is 2. The molecule has 0 aromatic rings. The van der Waals surface area contributed by atoms with Gasteiger partial charge in [-0.1, -0.05) is 0 Å². The number of thioether (sulfide) groups is 1. The van der Waals surface area contributed by atoms with Crippen molar-refractivity contribution in [3.63, 3.8) is 0 Å². The molecule has 0 aromatic heterocycles. The molecule has 1 saturated carbocycles. The minimum atomic E-state index is -0.900. The Hall–Kier alpha value is -0.790. The third-order valence-corrected chi connectivity index (χ3v) is 4.78. The molecule has 1 spiro atoms. The maximum atomic E-state index is 11.9. The smallest absolute Gasteiger partial charge is 0.308 e. The minimum Gasteiger partial charge on any atom is -0.481 e. The fraction of sp³-hybridized carbons (Fsp3) is 0.857. The van der Waals surface area contributed by atoms with Crippen LogP contribution in [0.25, 0.3) is 0 Å². The lowest BCUT2D eigenvalue weighted by Crippen LogP contribution is -2.52. The van der Waals surface area contributed by atoms with Crippen molar-refractivity contribution in [3.8, 4) is 0 Å². The molecule has 21 heavy (non-hydrogen) atoms. The Balaban J connectivity index is 1.90. The molecule has 2 N–H and O–H groups in total. The third-order valence-electron chi connectivity index (χ3n) is 4.08. The molecule has 0 aromatic carbocycles. The molecule has 2 atom stereocenters. The van der Waals surface area contributed by atoms with Crippen LogP contribution in [0, 0.1) is 5.92 Å². The molecule has 1 unspecified atom stereocenters. The lowest BCUT2D eigenvalue weighted by Gasteiger charge is -2.39. The summed E-state index contributed by atoms with van der Waals surface area (Å²) >= 11 is 1.70. The molecule has 2 fully saturated rings. The fourth-order valence-electron chi connectivity index (χ4n) is 3.00. The van der Waals surface area contributed by atoms with E-state index >= 15 is 0 Å². The first-order chi connectivity index (χ1) is 10.1. The zero-order chi connectivity index (χ0) is 15.3. The van der Waals surface area contributed by atoms with E-state index in [1.54, 1.807) is 11.8 Å². The van der Waals surface area contributed by atoms with Gasteiger partial charge in [0.25, 0.3) is 0 Å². The maximum absolute atomic E-state index is 11.9. The number of carbonyl (C=O) groups is 2. The molecular weight excluding hydrogens is 294 g/mol. The summed E-state index contributed by atoms with van der Waals surface area (Å²) < 4.78 is 11.2. The van der Waals surface area contributed by atoms with E-state index in [1.165, 1.54) is 0 Å². The van der Waals surface area contributed by atoms with E-state index in [0.29, 0.717) is 38.9 Å². The predicted molar refractivity (Wildman–Crippen MR) is 79.2 cm³/mol. The molecule has 2 aliphatic rings. The van der Waals surface area contributed by atoms with Crippen molar-refractivity contribution in [2.24, 2.45) is 5.92 Å². The number of rotatable bonds is 6. The van der Waals surface area contributed by atoms with Crippen molar-refractivity contribution in [2.75, 3.05) is 25.2 Å². The van der Waals surface area contributed by atoms with E-state index in [2.05, 4.69) is 5.32 Å². The third kappa shape index (κ3) is 4.34. The summed E-state index contributed by atoms with van der Waals surface area (Å²) in [5.74, 6) is -1.43. The number of hydrogen-bond acceptors (Lipinski definition) is 5. The molecule has 1 heterocycles. The van der Waals surface area contributed by atoms with Crippen LogP contribution in [0.2, 0.25) is 0 Å². The summed E-state index contributed by atoms with van der Waals surface area (Å²) in [6, 6.07) is -0.331. The normalized spacial score (nSPS) is 27.7. The highest BCUT2D eigenvalue weighted by Gasteiger charge is 2.48. The summed E-state index contributed by atoms with van der Waals surface area (Å²) in [7, 11) is 0. The number of ether oxygens (including phenoxy) is 2. The summed E-state index contributed by atoms with van der Waals surface area (Å²) in [5, 5.41) is 12.3. The first kappa shape index (κ1) is 16.6. The highest BCUT2D eigenvalue weighted by atomic mass is 32.2. The molecule has 2 rings (SSSR count). The van der Waals surface area contributed by atoms with Gasteiger partial charge in [-0.05, 0) is 24.9 Å². The van der Waals surface area contributed by atoms with Crippen molar-refractivity contribution < 1.29 is 24.2 Å². The standard InChI is InChI=1S/C14H23NO5S/c1-21-8-2-3-12(16)15-11-4-5-14(19-6-7-20-14)9-10(11)13(17)18/h10-11H,2-9H2,1H3,(H,15,16)(H,17,18)/t10?,11-/m0/s1. The van der Waals surface area contributed by atoms with Crippen LogP contribution >= 0.6 is 11.8 Å². The molecule has 1 saturated heterocycles. The molecule has 0 bridgehead atoms. The van der Waals surface area contributed by atoms with Crippen LogP contribution in [0.1, 0.15) is 32.1 Å². The molecule has 1 aliphatic heterocycles. The lowest BCUT2D eigenvalue weighted by molar-refractivity contribution is -0.197. The summed E-state index contributed by atoms with van der Waals surface area (Å²) in [5.41, 5.74) is 0. The number of amides is 1. The average Bonchev–Trinajstić information content (AvgIpc) is 2.89. The van der Waals surface area contributed by atoms with Gasteiger partial charge < -0.3 is 19.9 Å². The van der Waals surface area contributed by atoms with Crippen LogP contribution in [0.5, 0.6) is 0 Å². The second-order valence-electron chi connectivity index (χ2n) is 5.57. The second-order valence-corrected chi connectivity index (χ2v) is 6.55. The van der Waals surface area contributed by atoms with Crippen molar-refractivity contribution >= 4 is 23.6 Å². The fourth-order valence-corrected chi connectivity index (χ4v) is 3.44. The molecule has 1 aliphatic carbocycles. The largest absolute Gasteiger partial charge is 0.481 e. The highest BCUT2D eigenvalue weighted by Crippen LogP contribution is 2.39. The molecule has 120 valence electrons. The Kier molecular flexibility index (Phi) is 5.89. The Labute approximate surface area is 128 Å². The van der Waals surface area contributed by atoms with Crippen molar-refractivity contribution in [1.82, 2.24) is 5.32 Å². The Morgan fingerprint density at radius 2 is 2.10 bits per heavy atom. The second kappa shape index (κ2) is 7.47. The molecular formula is C14H23NO5S. The average molecular weight is 317 g/mol. The van der Waals surface area contributed by atoms with Crippen LogP contribution < -0.4 is 5.32 Å². The highest BCUT2D eigenvalue weighted by molar-refractivity contribution is 7.98. The van der Waals surface area contributed by atoms with Gasteiger partial charge in [-0.15, -0.1) is 0 Å². The summed E-state index contributed by atoms with van der Waals surface area (Å²) in [6.45, 7) is 1.02. The quantitative estimate of drug-likeness (QED) is 0.717. The van der Waals surface area contributed by atoms with Gasteiger partial charge in [-0.2, -0.15) is 11.8 Å². The monoisotopic (exact) mass is 317 g/mol. The van der Waals surface area contributed by atoms with E-state index in [9.17, 15) is 14.7 Å². The number of carbonyl (C=O) groups excluding carboxylic acids is 1. The van der Waals surface area contributed by atoms with Crippen LogP contribution in [0.3, 0.4) is 0 Å². The van der Waals surface area contributed by atoms with E-state index in [-0.39, 0.29) is 11.9 Å². The maximum Gasteiger partial charge on any atom is 0.308 e. The van der Waals surface area contributed by atoms with Gasteiger partial charge in [0.2, 0.25) is 5.91 Å². The van der Waals surface area contributed by atoms with Crippen LogP contribution in [0.4, 0.5) is 0 Å². The predicted octanol–water partition coefficient (Wildman–Crippen LogP) is 1.24. The van der Waals surface area contributed by atoms with Crippen molar-refractivity contribution in [2.45, 2.75) is 43.9 Å². The first-order valence-corrected chi connectivity index (χ1v) is 8.75. The van der Waals surface area contributed by atoms with E-state index in [0.717, 1.165) is 12.2 Å².